The van der Waals surface area contributed by atoms with Crippen molar-refractivity contribution < 1.29 is 23.6 Å². The Labute approximate surface area is 150 Å². The first kappa shape index (κ1) is 18.3. The lowest BCUT2D eigenvalue weighted by molar-refractivity contribution is -0.150. The predicted molar refractivity (Wildman–Crippen MR) is 96.0 cm³/mol. The van der Waals surface area contributed by atoms with Crippen LogP contribution in [0, 0.1) is 5.41 Å². The molecule has 1 aromatic carbocycles. The summed E-state index contributed by atoms with van der Waals surface area (Å²) in [5.74, 6) is 0.583. The molecule has 1 aliphatic carbocycles. The molecule has 6 heteroatoms. The molecular formula is C19H27BO5. The van der Waals surface area contributed by atoms with Crippen LogP contribution in [0.3, 0.4) is 0 Å². The van der Waals surface area contributed by atoms with Crippen LogP contribution in [0.5, 0.6) is 5.75 Å². The van der Waals surface area contributed by atoms with Crippen molar-refractivity contribution in [3.63, 3.8) is 0 Å². The number of ether oxygens (including phenoxy) is 2. The minimum atomic E-state index is -0.444. The van der Waals surface area contributed by atoms with Gasteiger partial charge in [0.1, 0.15) is 17.8 Å². The van der Waals surface area contributed by atoms with E-state index in [9.17, 15) is 4.79 Å². The second-order valence-corrected chi connectivity index (χ2v) is 7.95. The smallest absolute Gasteiger partial charge is 0.492 e. The summed E-state index contributed by atoms with van der Waals surface area (Å²) in [6.45, 7) is 10.7. The molecule has 0 unspecified atom stereocenters. The molecule has 1 aliphatic heterocycles. The van der Waals surface area contributed by atoms with Crippen molar-refractivity contribution in [2.75, 3.05) is 13.2 Å². The molecule has 0 N–H and O–H groups in total. The molecule has 25 heavy (non-hydrogen) atoms. The molecule has 0 aromatic heterocycles. The maximum absolute atomic E-state index is 12.0. The lowest BCUT2D eigenvalue weighted by Gasteiger charge is -2.32. The SMILES string of the molecule is CCOC(=O)C1(COc2ccc(B3OC(C)(C)C(C)(C)O3)cc2)CC1. The van der Waals surface area contributed by atoms with Crippen LogP contribution in [0.15, 0.2) is 24.3 Å². The van der Waals surface area contributed by atoms with E-state index in [0.29, 0.717) is 13.2 Å². The van der Waals surface area contributed by atoms with E-state index in [4.69, 9.17) is 18.8 Å². The van der Waals surface area contributed by atoms with E-state index < -0.39 is 5.41 Å². The van der Waals surface area contributed by atoms with E-state index >= 15 is 0 Å². The quantitative estimate of drug-likeness (QED) is 0.586. The minimum absolute atomic E-state index is 0.149. The molecular weight excluding hydrogens is 319 g/mol. The van der Waals surface area contributed by atoms with E-state index in [0.717, 1.165) is 24.1 Å². The van der Waals surface area contributed by atoms with Crippen molar-refractivity contribution in [1.29, 1.82) is 0 Å². The zero-order valence-corrected chi connectivity index (χ0v) is 15.8. The van der Waals surface area contributed by atoms with Crippen LogP contribution >= 0.6 is 0 Å². The maximum atomic E-state index is 12.0. The van der Waals surface area contributed by atoms with Gasteiger partial charge in [-0.25, -0.2) is 0 Å². The van der Waals surface area contributed by atoms with Crippen LogP contribution in [-0.4, -0.2) is 37.5 Å². The van der Waals surface area contributed by atoms with Gasteiger partial charge in [-0.05, 0) is 65.1 Å². The standard InChI is InChI=1S/C19H27BO5/c1-6-22-16(21)19(11-12-19)13-23-15-9-7-14(8-10-15)20-24-17(2,3)18(4,5)25-20/h7-10H,6,11-13H2,1-5H3. The summed E-state index contributed by atoms with van der Waals surface area (Å²) in [4.78, 5) is 12.0. The summed E-state index contributed by atoms with van der Waals surface area (Å²) in [5.41, 5.74) is -0.201. The van der Waals surface area contributed by atoms with Gasteiger partial charge in [0.25, 0.3) is 0 Å². The molecule has 1 aromatic rings. The molecule has 1 saturated heterocycles. The Bertz CT molecular complexity index is 618. The zero-order valence-electron chi connectivity index (χ0n) is 15.8. The highest BCUT2D eigenvalue weighted by atomic mass is 16.7. The first-order chi connectivity index (χ1) is 11.7. The van der Waals surface area contributed by atoms with Gasteiger partial charge in [-0.1, -0.05) is 12.1 Å². The highest BCUT2D eigenvalue weighted by Crippen LogP contribution is 2.47. The lowest BCUT2D eigenvalue weighted by Crippen LogP contribution is -2.41. The third kappa shape index (κ3) is 3.56. The number of esters is 1. The van der Waals surface area contributed by atoms with Gasteiger partial charge in [-0.15, -0.1) is 0 Å². The summed E-state index contributed by atoms with van der Waals surface area (Å²) in [7, 11) is -0.381. The van der Waals surface area contributed by atoms with Gasteiger partial charge < -0.3 is 18.8 Å². The average Bonchev–Trinajstić information content (AvgIpc) is 3.29. The summed E-state index contributed by atoms with van der Waals surface area (Å²) >= 11 is 0. The monoisotopic (exact) mass is 346 g/mol. The second-order valence-electron chi connectivity index (χ2n) is 7.95. The van der Waals surface area contributed by atoms with Crippen molar-refractivity contribution >= 4 is 18.6 Å². The Morgan fingerprint density at radius 1 is 1.08 bits per heavy atom. The molecule has 0 radical (unpaired) electrons. The normalized spacial score (nSPS) is 22.5. The van der Waals surface area contributed by atoms with E-state index in [-0.39, 0.29) is 24.3 Å². The summed E-state index contributed by atoms with van der Waals surface area (Å²) in [6, 6.07) is 7.67. The van der Waals surface area contributed by atoms with E-state index in [1.54, 1.807) is 0 Å². The largest absolute Gasteiger partial charge is 0.494 e. The molecule has 136 valence electrons. The molecule has 1 heterocycles. The Kier molecular flexibility index (Phi) is 4.62. The minimum Gasteiger partial charge on any atom is -0.492 e. The lowest BCUT2D eigenvalue weighted by atomic mass is 9.79. The Morgan fingerprint density at radius 2 is 1.64 bits per heavy atom. The Morgan fingerprint density at radius 3 is 2.12 bits per heavy atom. The van der Waals surface area contributed by atoms with Crippen molar-refractivity contribution in [2.24, 2.45) is 5.41 Å². The van der Waals surface area contributed by atoms with E-state index in [2.05, 4.69) is 0 Å². The fourth-order valence-electron chi connectivity index (χ4n) is 2.76. The number of hydrogen-bond acceptors (Lipinski definition) is 5. The molecule has 2 aliphatic rings. The Balaban J connectivity index is 1.59. The third-order valence-corrected chi connectivity index (χ3v) is 5.48. The molecule has 1 saturated carbocycles. The number of rotatable bonds is 6. The van der Waals surface area contributed by atoms with Gasteiger partial charge in [-0.2, -0.15) is 0 Å². The van der Waals surface area contributed by atoms with Crippen molar-refractivity contribution in [3.05, 3.63) is 24.3 Å². The van der Waals surface area contributed by atoms with E-state index in [1.165, 1.54) is 0 Å². The first-order valence-corrected chi connectivity index (χ1v) is 8.95. The number of carbonyl (C=O) groups excluding carboxylic acids is 1. The van der Waals surface area contributed by atoms with Gasteiger partial charge in [0, 0.05) is 0 Å². The topological polar surface area (TPSA) is 54.0 Å². The molecule has 0 atom stereocenters. The average molecular weight is 346 g/mol. The highest BCUT2D eigenvalue weighted by Gasteiger charge is 2.53. The molecule has 3 rings (SSSR count). The van der Waals surface area contributed by atoms with Crippen molar-refractivity contribution in [1.82, 2.24) is 0 Å². The first-order valence-electron chi connectivity index (χ1n) is 8.95. The molecule has 5 nitrogen and oxygen atoms in total. The molecule has 0 amide bonds. The predicted octanol–water partition coefficient (Wildman–Crippen LogP) is 2.71. The molecule has 0 spiro atoms. The van der Waals surface area contributed by atoms with E-state index in [1.807, 2.05) is 58.9 Å². The van der Waals surface area contributed by atoms with Crippen LogP contribution in [0.1, 0.15) is 47.5 Å². The third-order valence-electron chi connectivity index (χ3n) is 5.48. The van der Waals surface area contributed by atoms with Crippen LogP contribution in [0.25, 0.3) is 0 Å². The fraction of sp³-hybridized carbons (Fsp3) is 0.632. The highest BCUT2D eigenvalue weighted by molar-refractivity contribution is 6.62. The second kappa shape index (κ2) is 6.33. The van der Waals surface area contributed by atoms with Gasteiger partial charge in [-0.3, -0.25) is 4.79 Å². The van der Waals surface area contributed by atoms with Gasteiger partial charge >= 0.3 is 13.1 Å². The number of carbonyl (C=O) groups is 1. The van der Waals surface area contributed by atoms with Crippen LogP contribution in [0.2, 0.25) is 0 Å². The molecule has 2 fully saturated rings. The van der Waals surface area contributed by atoms with Gasteiger partial charge in [0.2, 0.25) is 0 Å². The van der Waals surface area contributed by atoms with Gasteiger partial charge in [0.15, 0.2) is 0 Å². The number of hydrogen-bond donors (Lipinski definition) is 0. The zero-order chi connectivity index (χ0) is 18.3. The summed E-state index contributed by atoms with van der Waals surface area (Å²) in [6.07, 6.45) is 1.66. The fourth-order valence-corrected chi connectivity index (χ4v) is 2.76. The maximum Gasteiger partial charge on any atom is 0.494 e. The van der Waals surface area contributed by atoms with Crippen LogP contribution in [-0.2, 0) is 18.8 Å². The summed E-state index contributed by atoms with van der Waals surface area (Å²) in [5, 5.41) is 0. The van der Waals surface area contributed by atoms with Crippen molar-refractivity contribution in [3.8, 4) is 5.75 Å². The van der Waals surface area contributed by atoms with Crippen LogP contribution in [0.4, 0.5) is 0 Å². The molecule has 0 bridgehead atoms. The summed E-state index contributed by atoms with van der Waals surface area (Å²) < 4.78 is 23.0. The number of benzene rings is 1. The van der Waals surface area contributed by atoms with Crippen molar-refractivity contribution in [2.45, 2.75) is 58.7 Å². The van der Waals surface area contributed by atoms with Crippen LogP contribution < -0.4 is 10.2 Å². The Hall–Kier alpha value is -1.53. The van der Waals surface area contributed by atoms with Gasteiger partial charge in [0.05, 0.1) is 17.8 Å².